The van der Waals surface area contributed by atoms with Crippen molar-refractivity contribution in [2.45, 2.75) is 44.6 Å². The molecule has 1 aliphatic rings. The smallest absolute Gasteiger partial charge is 0.0902 e. The van der Waals surface area contributed by atoms with E-state index in [2.05, 4.69) is 10.1 Å². The van der Waals surface area contributed by atoms with Gasteiger partial charge in [-0.05, 0) is 12.3 Å². The van der Waals surface area contributed by atoms with Gasteiger partial charge in [-0.2, -0.15) is 5.10 Å². The van der Waals surface area contributed by atoms with Gasteiger partial charge in [0.2, 0.25) is 0 Å². The Kier molecular flexibility index (Phi) is 3.28. The van der Waals surface area contributed by atoms with Crippen molar-refractivity contribution in [2.75, 3.05) is 0 Å². The van der Waals surface area contributed by atoms with Gasteiger partial charge in [0.15, 0.2) is 0 Å². The van der Waals surface area contributed by atoms with Gasteiger partial charge < -0.3 is 5.11 Å². The highest BCUT2D eigenvalue weighted by molar-refractivity contribution is 5.52. The minimum Gasteiger partial charge on any atom is -0.388 e. The summed E-state index contributed by atoms with van der Waals surface area (Å²) in [6.07, 6.45) is 14.0. The summed E-state index contributed by atoms with van der Waals surface area (Å²) in [5, 5.41) is 14.6. The zero-order valence-electron chi connectivity index (χ0n) is 10.5. The fraction of sp³-hybridized carbons (Fsp3) is 0.571. The van der Waals surface area contributed by atoms with Gasteiger partial charge in [0.25, 0.3) is 0 Å². The largest absolute Gasteiger partial charge is 0.388 e. The van der Waals surface area contributed by atoms with Crippen molar-refractivity contribution in [2.24, 2.45) is 5.92 Å². The van der Waals surface area contributed by atoms with Crippen LogP contribution in [0.1, 0.15) is 50.2 Å². The Bertz CT molecular complexity index is 516. The monoisotopic (exact) mass is 245 g/mol. The number of aliphatic hydroxyl groups excluding tert-OH is 1. The Balaban J connectivity index is 1.76. The molecule has 1 aliphatic carbocycles. The molecule has 0 aliphatic heterocycles. The molecule has 4 heteroatoms. The normalized spacial score (nSPS) is 19.2. The quantitative estimate of drug-likeness (QED) is 0.904. The molecule has 1 fully saturated rings. The molecule has 0 amide bonds. The van der Waals surface area contributed by atoms with Crippen LogP contribution in [0.2, 0.25) is 0 Å². The maximum atomic E-state index is 10.4. The summed E-state index contributed by atoms with van der Waals surface area (Å²) in [7, 11) is 0. The van der Waals surface area contributed by atoms with Crippen molar-refractivity contribution in [3.8, 4) is 0 Å². The molecule has 1 atom stereocenters. The van der Waals surface area contributed by atoms with Crippen LogP contribution >= 0.6 is 0 Å². The zero-order chi connectivity index (χ0) is 12.4. The first-order valence-corrected chi connectivity index (χ1v) is 6.80. The molecule has 96 valence electrons. The number of fused-ring (bicyclic) bond motifs is 1. The Labute approximate surface area is 107 Å². The van der Waals surface area contributed by atoms with Crippen molar-refractivity contribution in [1.82, 2.24) is 14.6 Å². The summed E-state index contributed by atoms with van der Waals surface area (Å²) in [6, 6.07) is 0. The molecule has 1 unspecified atom stereocenters. The Hall–Kier alpha value is -1.42. The maximum Gasteiger partial charge on any atom is 0.0902 e. The van der Waals surface area contributed by atoms with E-state index in [-0.39, 0.29) is 0 Å². The Morgan fingerprint density at radius 1 is 1.28 bits per heavy atom. The number of hydrogen-bond acceptors (Lipinski definition) is 3. The molecule has 0 bridgehead atoms. The molecule has 0 saturated heterocycles. The lowest BCUT2D eigenvalue weighted by molar-refractivity contribution is 0.132. The molecular weight excluding hydrogens is 226 g/mol. The fourth-order valence-corrected chi connectivity index (χ4v) is 2.98. The van der Waals surface area contributed by atoms with Crippen LogP contribution in [0.4, 0.5) is 0 Å². The zero-order valence-corrected chi connectivity index (χ0v) is 10.5. The van der Waals surface area contributed by atoms with E-state index in [0.29, 0.717) is 5.92 Å². The van der Waals surface area contributed by atoms with Gasteiger partial charge in [-0.3, -0.25) is 4.98 Å². The molecule has 0 radical (unpaired) electrons. The van der Waals surface area contributed by atoms with Crippen LogP contribution in [-0.4, -0.2) is 19.7 Å². The minimum absolute atomic E-state index is 0.408. The average Bonchev–Trinajstić information content (AvgIpc) is 2.84. The van der Waals surface area contributed by atoms with Gasteiger partial charge in [-0.1, -0.05) is 32.1 Å². The van der Waals surface area contributed by atoms with Crippen molar-refractivity contribution in [1.29, 1.82) is 0 Å². The third-order valence-corrected chi connectivity index (χ3v) is 3.99. The van der Waals surface area contributed by atoms with Crippen molar-refractivity contribution >= 4 is 5.52 Å². The molecule has 1 N–H and O–H groups in total. The van der Waals surface area contributed by atoms with Crippen LogP contribution in [0, 0.1) is 5.92 Å². The summed E-state index contributed by atoms with van der Waals surface area (Å²) in [6.45, 7) is 0. The number of hydrogen-bond donors (Lipinski definition) is 1. The SMILES string of the molecule is OC(CC1CCCCC1)c1cnn2ccncc12. The van der Waals surface area contributed by atoms with Crippen LogP contribution in [0.25, 0.3) is 5.52 Å². The highest BCUT2D eigenvalue weighted by atomic mass is 16.3. The number of nitrogens with zero attached hydrogens (tertiary/aromatic N) is 3. The molecule has 2 aromatic rings. The Morgan fingerprint density at radius 3 is 2.94 bits per heavy atom. The van der Waals surface area contributed by atoms with Gasteiger partial charge in [0.1, 0.15) is 0 Å². The van der Waals surface area contributed by atoms with Crippen LogP contribution in [-0.2, 0) is 0 Å². The lowest BCUT2D eigenvalue weighted by Gasteiger charge is -2.23. The summed E-state index contributed by atoms with van der Waals surface area (Å²) < 4.78 is 1.77. The van der Waals surface area contributed by atoms with E-state index in [1.54, 1.807) is 23.1 Å². The highest BCUT2D eigenvalue weighted by Gasteiger charge is 2.20. The molecule has 4 nitrogen and oxygen atoms in total. The van der Waals surface area contributed by atoms with Gasteiger partial charge in [0.05, 0.1) is 24.0 Å². The first kappa shape index (κ1) is 11.7. The third-order valence-electron chi connectivity index (χ3n) is 3.99. The van der Waals surface area contributed by atoms with Crippen LogP contribution < -0.4 is 0 Å². The van der Waals surface area contributed by atoms with Gasteiger partial charge in [0, 0.05) is 18.0 Å². The first-order chi connectivity index (χ1) is 8.84. The molecule has 2 heterocycles. The van der Waals surface area contributed by atoms with Crippen molar-refractivity contribution in [3.63, 3.8) is 0 Å². The maximum absolute atomic E-state index is 10.4. The first-order valence-electron chi connectivity index (χ1n) is 6.80. The third kappa shape index (κ3) is 2.25. The summed E-state index contributed by atoms with van der Waals surface area (Å²) in [4.78, 5) is 4.10. The number of rotatable bonds is 3. The predicted molar refractivity (Wildman–Crippen MR) is 69.1 cm³/mol. The van der Waals surface area contributed by atoms with Crippen LogP contribution in [0.15, 0.2) is 24.8 Å². The molecule has 0 spiro atoms. The Morgan fingerprint density at radius 2 is 2.11 bits per heavy atom. The number of aliphatic hydroxyl groups is 1. The summed E-state index contributed by atoms with van der Waals surface area (Å²) in [5.41, 5.74) is 1.83. The minimum atomic E-state index is -0.408. The van der Waals surface area contributed by atoms with E-state index in [9.17, 15) is 5.11 Å². The predicted octanol–water partition coefficient (Wildman–Crippen LogP) is 2.73. The second-order valence-corrected chi connectivity index (χ2v) is 5.26. The molecular formula is C14H19N3O. The number of aromatic nitrogens is 3. The average molecular weight is 245 g/mol. The molecule has 18 heavy (non-hydrogen) atoms. The van der Waals surface area contributed by atoms with E-state index in [4.69, 9.17) is 0 Å². The van der Waals surface area contributed by atoms with E-state index in [1.807, 2.05) is 6.20 Å². The van der Waals surface area contributed by atoms with Crippen LogP contribution in [0.5, 0.6) is 0 Å². The van der Waals surface area contributed by atoms with Gasteiger partial charge >= 0.3 is 0 Å². The lowest BCUT2D eigenvalue weighted by Crippen LogP contribution is -2.11. The molecule has 2 aromatic heterocycles. The van der Waals surface area contributed by atoms with Crippen LogP contribution in [0.3, 0.4) is 0 Å². The van der Waals surface area contributed by atoms with Gasteiger partial charge in [-0.15, -0.1) is 0 Å². The van der Waals surface area contributed by atoms with E-state index < -0.39 is 6.10 Å². The summed E-state index contributed by atoms with van der Waals surface area (Å²) >= 11 is 0. The van der Waals surface area contributed by atoms with E-state index in [0.717, 1.165) is 17.5 Å². The van der Waals surface area contributed by atoms with Crippen molar-refractivity contribution < 1.29 is 5.11 Å². The fourth-order valence-electron chi connectivity index (χ4n) is 2.98. The standard InChI is InChI=1S/C14H19N3O/c18-14(8-11-4-2-1-3-5-11)12-9-16-17-7-6-15-10-13(12)17/h6-7,9-11,14,18H,1-5,8H2. The topological polar surface area (TPSA) is 50.4 Å². The van der Waals surface area contributed by atoms with Gasteiger partial charge in [-0.25, -0.2) is 4.52 Å². The molecule has 3 rings (SSSR count). The highest BCUT2D eigenvalue weighted by Crippen LogP contribution is 2.32. The van der Waals surface area contributed by atoms with E-state index in [1.165, 1.54) is 32.1 Å². The lowest BCUT2D eigenvalue weighted by atomic mass is 9.84. The second kappa shape index (κ2) is 5.06. The van der Waals surface area contributed by atoms with Crippen molar-refractivity contribution in [3.05, 3.63) is 30.4 Å². The molecule has 0 aromatic carbocycles. The molecule has 1 saturated carbocycles. The van der Waals surface area contributed by atoms with E-state index >= 15 is 0 Å². The summed E-state index contributed by atoms with van der Waals surface area (Å²) in [5.74, 6) is 0.667. The second-order valence-electron chi connectivity index (χ2n) is 5.26.